The van der Waals surface area contributed by atoms with E-state index in [0.717, 1.165) is 49.6 Å². The highest BCUT2D eigenvalue weighted by atomic mass is 32.1. The summed E-state index contributed by atoms with van der Waals surface area (Å²) < 4.78 is 16.9. The number of methoxy groups -OCH3 is 1. The number of hydrogen-bond donors (Lipinski definition) is 0. The highest BCUT2D eigenvalue weighted by Crippen LogP contribution is 2.51. The fourth-order valence-corrected chi connectivity index (χ4v) is 4.72. The first-order chi connectivity index (χ1) is 14.2. The Kier molecular flexibility index (Phi) is 4.25. The number of thiophene rings is 1. The van der Waals surface area contributed by atoms with Crippen molar-refractivity contribution < 1.29 is 19.0 Å². The average Bonchev–Trinajstić information content (AvgIpc) is 3.14. The van der Waals surface area contributed by atoms with E-state index in [9.17, 15) is 4.79 Å². The standard InChI is InChI=1S/C24H18O4S/c1-3-27-24(25)22-13-18-17-6-4-5-7-20(17)28-21-12-15-10-16(26-2)9-8-14(15)11-19(21)23(18)29-22/h4-13H,3H2,1-2H3. The quantitative estimate of drug-likeness (QED) is 0.322. The zero-order valence-corrected chi connectivity index (χ0v) is 16.8. The van der Waals surface area contributed by atoms with Crippen LogP contribution < -0.4 is 9.47 Å². The van der Waals surface area contributed by atoms with Gasteiger partial charge in [0.25, 0.3) is 0 Å². The summed E-state index contributed by atoms with van der Waals surface area (Å²) >= 11 is 1.44. The normalized spacial score (nSPS) is 11.7. The van der Waals surface area contributed by atoms with Crippen LogP contribution in [0.25, 0.3) is 32.3 Å². The molecule has 2 heterocycles. The van der Waals surface area contributed by atoms with Gasteiger partial charge >= 0.3 is 5.97 Å². The van der Waals surface area contributed by atoms with Gasteiger partial charge < -0.3 is 14.2 Å². The molecule has 0 N–H and O–H groups in total. The third-order valence-electron chi connectivity index (χ3n) is 5.00. The SMILES string of the molecule is CCOC(=O)c1cc2c(s1)-c1cc3ccc(OC)cc3cc1Oc1ccccc1-2. The molecule has 144 valence electrons. The fourth-order valence-electron chi connectivity index (χ4n) is 3.63. The van der Waals surface area contributed by atoms with Crippen molar-refractivity contribution in [2.45, 2.75) is 6.92 Å². The van der Waals surface area contributed by atoms with Crippen LogP contribution in [0.2, 0.25) is 0 Å². The topological polar surface area (TPSA) is 44.8 Å². The van der Waals surface area contributed by atoms with E-state index in [2.05, 4.69) is 6.07 Å². The molecule has 0 unspecified atom stereocenters. The average molecular weight is 402 g/mol. The van der Waals surface area contributed by atoms with E-state index < -0.39 is 0 Å². The third kappa shape index (κ3) is 2.95. The molecule has 5 rings (SSSR count). The molecule has 0 amide bonds. The number of esters is 1. The maximum absolute atomic E-state index is 12.4. The van der Waals surface area contributed by atoms with Crippen molar-refractivity contribution in [1.29, 1.82) is 0 Å². The summed E-state index contributed by atoms with van der Waals surface area (Å²) in [6.07, 6.45) is 0. The maximum atomic E-state index is 12.4. The van der Waals surface area contributed by atoms with Gasteiger partial charge in [0.05, 0.1) is 13.7 Å². The number of benzene rings is 3. The second-order valence-corrected chi connectivity index (χ2v) is 7.79. The molecule has 1 aromatic heterocycles. The first kappa shape index (κ1) is 17.8. The van der Waals surface area contributed by atoms with Gasteiger partial charge in [-0.15, -0.1) is 11.3 Å². The Morgan fingerprint density at radius 2 is 1.79 bits per heavy atom. The lowest BCUT2D eigenvalue weighted by Crippen LogP contribution is -2.01. The summed E-state index contributed by atoms with van der Waals surface area (Å²) in [6.45, 7) is 2.17. The molecule has 29 heavy (non-hydrogen) atoms. The molecule has 0 atom stereocenters. The molecular formula is C24H18O4S. The summed E-state index contributed by atoms with van der Waals surface area (Å²) in [5, 5.41) is 2.11. The van der Waals surface area contributed by atoms with Crippen LogP contribution >= 0.6 is 11.3 Å². The number of para-hydroxylation sites is 1. The first-order valence-corrected chi connectivity index (χ1v) is 10.2. The minimum Gasteiger partial charge on any atom is -0.497 e. The van der Waals surface area contributed by atoms with Gasteiger partial charge in [-0.3, -0.25) is 0 Å². The molecule has 0 spiro atoms. The molecule has 0 fully saturated rings. The Bertz CT molecular complexity index is 1260. The molecular weight excluding hydrogens is 384 g/mol. The van der Waals surface area contributed by atoms with Crippen LogP contribution in [-0.2, 0) is 4.74 Å². The van der Waals surface area contributed by atoms with Gasteiger partial charge in [0.15, 0.2) is 0 Å². The van der Waals surface area contributed by atoms with Gasteiger partial charge in [0.1, 0.15) is 22.1 Å². The fraction of sp³-hybridized carbons (Fsp3) is 0.125. The van der Waals surface area contributed by atoms with Gasteiger partial charge in [0, 0.05) is 21.6 Å². The van der Waals surface area contributed by atoms with E-state index in [0.29, 0.717) is 11.5 Å². The highest BCUT2D eigenvalue weighted by Gasteiger charge is 2.26. The highest BCUT2D eigenvalue weighted by molar-refractivity contribution is 7.18. The molecule has 4 nitrogen and oxygen atoms in total. The predicted molar refractivity (Wildman–Crippen MR) is 115 cm³/mol. The van der Waals surface area contributed by atoms with Crippen molar-refractivity contribution in [2.24, 2.45) is 0 Å². The number of ether oxygens (including phenoxy) is 3. The number of carbonyl (C=O) groups excluding carboxylic acids is 1. The molecule has 3 aromatic carbocycles. The van der Waals surface area contributed by atoms with Crippen LogP contribution in [0, 0.1) is 0 Å². The van der Waals surface area contributed by atoms with Gasteiger partial charge in [-0.1, -0.05) is 24.3 Å². The Morgan fingerprint density at radius 1 is 0.931 bits per heavy atom. The predicted octanol–water partition coefficient (Wildman–Crippen LogP) is 6.53. The second kappa shape index (κ2) is 6.94. The summed E-state index contributed by atoms with van der Waals surface area (Å²) in [4.78, 5) is 14.0. The molecule has 1 aliphatic rings. The van der Waals surface area contributed by atoms with Gasteiger partial charge in [-0.2, -0.15) is 0 Å². The van der Waals surface area contributed by atoms with Crippen LogP contribution in [0.4, 0.5) is 0 Å². The number of carbonyl (C=O) groups is 1. The minimum absolute atomic E-state index is 0.295. The Balaban J connectivity index is 1.78. The lowest BCUT2D eigenvalue weighted by atomic mass is 10.00. The van der Waals surface area contributed by atoms with Crippen LogP contribution in [0.1, 0.15) is 16.6 Å². The van der Waals surface area contributed by atoms with Crippen LogP contribution in [-0.4, -0.2) is 19.7 Å². The van der Waals surface area contributed by atoms with E-state index in [1.807, 2.05) is 61.5 Å². The van der Waals surface area contributed by atoms with Gasteiger partial charge in [-0.25, -0.2) is 4.79 Å². The monoisotopic (exact) mass is 402 g/mol. The van der Waals surface area contributed by atoms with Crippen molar-refractivity contribution in [3.05, 3.63) is 65.5 Å². The summed E-state index contributed by atoms with van der Waals surface area (Å²) in [5.41, 5.74) is 2.92. The molecule has 0 saturated heterocycles. The number of rotatable bonds is 3. The Hall–Kier alpha value is -3.31. The first-order valence-electron chi connectivity index (χ1n) is 9.38. The molecule has 0 saturated carbocycles. The number of fused-ring (bicyclic) bond motifs is 6. The lowest BCUT2D eigenvalue weighted by molar-refractivity contribution is 0.0532. The van der Waals surface area contributed by atoms with Crippen molar-refractivity contribution in [3.63, 3.8) is 0 Å². The van der Waals surface area contributed by atoms with Crippen molar-refractivity contribution in [1.82, 2.24) is 0 Å². The van der Waals surface area contributed by atoms with E-state index in [4.69, 9.17) is 14.2 Å². The summed E-state index contributed by atoms with van der Waals surface area (Å²) in [6, 6.07) is 19.9. The minimum atomic E-state index is -0.295. The van der Waals surface area contributed by atoms with E-state index in [1.165, 1.54) is 11.3 Å². The van der Waals surface area contributed by atoms with E-state index >= 15 is 0 Å². The zero-order valence-electron chi connectivity index (χ0n) is 16.0. The molecule has 5 heteroatoms. The largest absolute Gasteiger partial charge is 0.497 e. The van der Waals surface area contributed by atoms with Crippen molar-refractivity contribution >= 4 is 28.1 Å². The van der Waals surface area contributed by atoms with Crippen LogP contribution in [0.5, 0.6) is 17.2 Å². The Morgan fingerprint density at radius 3 is 2.62 bits per heavy atom. The molecule has 1 aliphatic heterocycles. The third-order valence-corrected chi connectivity index (χ3v) is 6.14. The maximum Gasteiger partial charge on any atom is 0.348 e. The van der Waals surface area contributed by atoms with Crippen molar-refractivity contribution in [3.8, 4) is 38.8 Å². The molecule has 0 radical (unpaired) electrons. The van der Waals surface area contributed by atoms with E-state index in [-0.39, 0.29) is 5.97 Å². The zero-order chi connectivity index (χ0) is 20.0. The van der Waals surface area contributed by atoms with Gasteiger partial charge in [-0.05, 0) is 54.1 Å². The summed E-state index contributed by atoms with van der Waals surface area (Å²) in [5.74, 6) is 2.03. The van der Waals surface area contributed by atoms with Crippen molar-refractivity contribution in [2.75, 3.05) is 13.7 Å². The van der Waals surface area contributed by atoms with Crippen LogP contribution in [0.3, 0.4) is 0 Å². The molecule has 0 bridgehead atoms. The second-order valence-electron chi connectivity index (χ2n) is 6.73. The van der Waals surface area contributed by atoms with Crippen LogP contribution in [0.15, 0.2) is 60.7 Å². The Labute approximate surface area is 172 Å². The smallest absolute Gasteiger partial charge is 0.348 e. The van der Waals surface area contributed by atoms with Gasteiger partial charge in [0.2, 0.25) is 0 Å². The summed E-state index contributed by atoms with van der Waals surface area (Å²) in [7, 11) is 1.66. The molecule has 4 aromatic rings. The lowest BCUT2D eigenvalue weighted by Gasteiger charge is -2.11. The van der Waals surface area contributed by atoms with E-state index in [1.54, 1.807) is 7.11 Å². The number of hydrogen-bond acceptors (Lipinski definition) is 5. The molecule has 0 aliphatic carbocycles.